The van der Waals surface area contributed by atoms with Gasteiger partial charge in [0.2, 0.25) is 5.82 Å². The number of rotatable bonds is 4. The maximum absolute atomic E-state index is 12.8. The fraction of sp³-hybridized carbons (Fsp3) is 0.412. The van der Waals surface area contributed by atoms with Crippen LogP contribution in [-0.2, 0) is 4.79 Å². The minimum Gasteiger partial charge on any atom is -0.480 e. The summed E-state index contributed by atoms with van der Waals surface area (Å²) in [5, 5.41) is 14.1. The number of aromatic nitrogens is 3. The molecule has 7 nitrogen and oxygen atoms in total. The van der Waals surface area contributed by atoms with E-state index in [1.807, 2.05) is 26.0 Å². The molecule has 0 unspecified atom stereocenters. The number of carbonyl (C=O) groups is 2. The molecule has 1 aliphatic heterocycles. The zero-order chi connectivity index (χ0) is 18.1. The van der Waals surface area contributed by atoms with Crippen LogP contribution in [0.1, 0.15) is 49.1 Å². The van der Waals surface area contributed by atoms with E-state index in [0.29, 0.717) is 35.9 Å². The van der Waals surface area contributed by atoms with Gasteiger partial charge in [0.25, 0.3) is 5.91 Å². The second-order valence-corrected chi connectivity index (χ2v) is 6.71. The third-order valence-electron chi connectivity index (χ3n) is 4.22. The summed E-state index contributed by atoms with van der Waals surface area (Å²) in [6, 6.07) is 6.36. The van der Waals surface area contributed by atoms with Gasteiger partial charge in [0.1, 0.15) is 11.9 Å². The van der Waals surface area contributed by atoms with E-state index in [0.717, 1.165) is 0 Å². The van der Waals surface area contributed by atoms with Gasteiger partial charge >= 0.3 is 5.97 Å². The first kappa shape index (κ1) is 17.4. The zero-order valence-electron chi connectivity index (χ0n) is 14.0. The Bertz CT molecular complexity index is 818. The van der Waals surface area contributed by atoms with Crippen molar-refractivity contribution in [3.05, 3.63) is 40.9 Å². The lowest BCUT2D eigenvalue weighted by Crippen LogP contribution is -2.40. The van der Waals surface area contributed by atoms with Crippen LogP contribution >= 0.6 is 11.6 Å². The summed E-state index contributed by atoms with van der Waals surface area (Å²) in [6.45, 7) is 4.29. The second kappa shape index (κ2) is 6.84. The van der Waals surface area contributed by atoms with Gasteiger partial charge in [-0.3, -0.25) is 4.79 Å². The minimum absolute atomic E-state index is 0.00299. The maximum atomic E-state index is 12.8. The van der Waals surface area contributed by atoms with Crippen molar-refractivity contribution in [1.82, 2.24) is 19.7 Å². The van der Waals surface area contributed by atoms with Gasteiger partial charge in [-0.2, -0.15) is 0 Å². The Morgan fingerprint density at radius 1 is 1.32 bits per heavy atom. The quantitative estimate of drug-likeness (QED) is 0.903. The van der Waals surface area contributed by atoms with Crippen molar-refractivity contribution in [1.29, 1.82) is 0 Å². The number of para-hydroxylation sites is 1. The molecule has 1 atom stereocenters. The first-order valence-electron chi connectivity index (χ1n) is 8.15. The fourth-order valence-corrected chi connectivity index (χ4v) is 3.20. The largest absolute Gasteiger partial charge is 0.480 e. The summed E-state index contributed by atoms with van der Waals surface area (Å²) in [6.07, 6.45) is 1.11. The highest BCUT2D eigenvalue weighted by molar-refractivity contribution is 6.32. The molecule has 25 heavy (non-hydrogen) atoms. The number of nitrogens with zero attached hydrogens (tertiary/aromatic N) is 4. The van der Waals surface area contributed by atoms with Gasteiger partial charge in [0.15, 0.2) is 0 Å². The third-order valence-corrected chi connectivity index (χ3v) is 4.54. The van der Waals surface area contributed by atoms with Crippen LogP contribution in [-0.4, -0.2) is 49.2 Å². The molecule has 0 bridgehead atoms. The van der Waals surface area contributed by atoms with Crippen LogP contribution in [0, 0.1) is 0 Å². The Kier molecular flexibility index (Phi) is 4.76. The number of benzene rings is 1. The van der Waals surface area contributed by atoms with E-state index >= 15 is 0 Å². The summed E-state index contributed by atoms with van der Waals surface area (Å²) >= 11 is 6.25. The Balaban J connectivity index is 2.01. The van der Waals surface area contributed by atoms with Crippen LogP contribution < -0.4 is 0 Å². The van der Waals surface area contributed by atoms with Crippen molar-refractivity contribution in [2.75, 3.05) is 6.54 Å². The standard InChI is InChI=1S/C17H19ClN4O3/c1-10(2)15-19-14(16(23)21-9-5-8-13(21)17(24)25)20-22(15)12-7-4-3-6-11(12)18/h3-4,6-7,10,13H,5,8-9H2,1-2H3,(H,24,25)/t13-/m0/s1. The lowest BCUT2D eigenvalue weighted by Gasteiger charge is -2.19. The monoisotopic (exact) mass is 362 g/mol. The van der Waals surface area contributed by atoms with E-state index < -0.39 is 17.9 Å². The second-order valence-electron chi connectivity index (χ2n) is 6.31. The number of amides is 1. The molecular weight excluding hydrogens is 344 g/mol. The molecule has 1 amide bonds. The Hall–Kier alpha value is -2.41. The molecule has 132 valence electrons. The molecular formula is C17H19ClN4O3. The van der Waals surface area contributed by atoms with Crippen molar-refractivity contribution in [2.24, 2.45) is 0 Å². The molecule has 0 aliphatic carbocycles. The SMILES string of the molecule is CC(C)c1nc(C(=O)N2CCC[C@H]2C(=O)O)nn1-c1ccccc1Cl. The summed E-state index contributed by atoms with van der Waals surface area (Å²) in [5.41, 5.74) is 0.635. The first-order chi connectivity index (χ1) is 11.9. The number of halogens is 1. The van der Waals surface area contributed by atoms with Crippen molar-refractivity contribution >= 4 is 23.5 Å². The molecule has 0 saturated carbocycles. The van der Waals surface area contributed by atoms with Gasteiger partial charge in [0, 0.05) is 12.5 Å². The van der Waals surface area contributed by atoms with Gasteiger partial charge in [-0.1, -0.05) is 37.6 Å². The van der Waals surface area contributed by atoms with Gasteiger partial charge in [-0.15, -0.1) is 5.10 Å². The number of hydrogen-bond acceptors (Lipinski definition) is 4. The molecule has 0 spiro atoms. The van der Waals surface area contributed by atoms with E-state index in [9.17, 15) is 14.7 Å². The highest BCUT2D eigenvalue weighted by atomic mass is 35.5. The summed E-state index contributed by atoms with van der Waals surface area (Å²) in [5.74, 6) is -0.850. The fourth-order valence-electron chi connectivity index (χ4n) is 2.98. The molecule has 2 aromatic rings. The van der Waals surface area contributed by atoms with Crippen LogP contribution in [0.2, 0.25) is 5.02 Å². The predicted molar refractivity (Wildman–Crippen MR) is 92.2 cm³/mol. The van der Waals surface area contributed by atoms with Crippen molar-refractivity contribution in [3.63, 3.8) is 0 Å². The molecule has 8 heteroatoms. The molecule has 2 heterocycles. The number of carbonyl (C=O) groups excluding carboxylic acids is 1. The minimum atomic E-state index is -1.000. The number of hydrogen-bond donors (Lipinski definition) is 1. The first-order valence-corrected chi connectivity index (χ1v) is 8.53. The number of carboxylic acids is 1. The van der Waals surface area contributed by atoms with Gasteiger partial charge < -0.3 is 10.0 Å². The smallest absolute Gasteiger partial charge is 0.326 e. The van der Waals surface area contributed by atoms with Crippen LogP contribution in [0.4, 0.5) is 0 Å². The van der Waals surface area contributed by atoms with E-state index in [4.69, 9.17) is 11.6 Å². The van der Waals surface area contributed by atoms with Crippen LogP contribution in [0.3, 0.4) is 0 Å². The van der Waals surface area contributed by atoms with E-state index in [-0.39, 0.29) is 11.7 Å². The van der Waals surface area contributed by atoms with Crippen molar-refractivity contribution in [2.45, 2.75) is 38.6 Å². The van der Waals surface area contributed by atoms with Crippen molar-refractivity contribution < 1.29 is 14.7 Å². The normalized spacial score (nSPS) is 17.3. The van der Waals surface area contributed by atoms with Gasteiger partial charge in [-0.25, -0.2) is 14.5 Å². The molecule has 0 radical (unpaired) electrons. The Labute approximate surface area is 150 Å². The third kappa shape index (κ3) is 3.24. The summed E-state index contributed by atoms with van der Waals surface area (Å²) < 4.78 is 1.56. The molecule has 1 aromatic heterocycles. The number of aliphatic carboxylic acids is 1. The Morgan fingerprint density at radius 2 is 2.04 bits per heavy atom. The maximum Gasteiger partial charge on any atom is 0.326 e. The Morgan fingerprint density at radius 3 is 2.68 bits per heavy atom. The molecule has 1 N–H and O–H groups in total. The number of carboxylic acid groups (broad SMARTS) is 1. The van der Waals surface area contributed by atoms with Gasteiger partial charge in [-0.05, 0) is 25.0 Å². The molecule has 1 fully saturated rings. The topological polar surface area (TPSA) is 88.3 Å². The summed E-state index contributed by atoms with van der Waals surface area (Å²) in [4.78, 5) is 29.8. The summed E-state index contributed by atoms with van der Waals surface area (Å²) in [7, 11) is 0. The van der Waals surface area contributed by atoms with Crippen LogP contribution in [0.5, 0.6) is 0 Å². The highest BCUT2D eigenvalue weighted by Crippen LogP contribution is 2.25. The predicted octanol–water partition coefficient (Wildman–Crippen LogP) is 2.73. The lowest BCUT2D eigenvalue weighted by atomic mass is 10.2. The van der Waals surface area contributed by atoms with Crippen molar-refractivity contribution in [3.8, 4) is 5.69 Å². The molecule has 1 aliphatic rings. The highest BCUT2D eigenvalue weighted by Gasteiger charge is 2.36. The average molecular weight is 363 g/mol. The van der Waals surface area contributed by atoms with Gasteiger partial charge in [0.05, 0.1) is 10.7 Å². The zero-order valence-corrected chi connectivity index (χ0v) is 14.8. The van der Waals surface area contributed by atoms with E-state index in [2.05, 4.69) is 10.1 Å². The molecule has 1 saturated heterocycles. The van der Waals surface area contributed by atoms with E-state index in [1.54, 1.807) is 16.8 Å². The average Bonchev–Trinajstić information content (AvgIpc) is 3.22. The van der Waals surface area contributed by atoms with Crippen LogP contribution in [0.15, 0.2) is 24.3 Å². The molecule has 3 rings (SSSR count). The lowest BCUT2D eigenvalue weighted by molar-refractivity contribution is -0.141. The number of likely N-dealkylation sites (tertiary alicyclic amines) is 1. The molecule has 1 aromatic carbocycles. The van der Waals surface area contributed by atoms with E-state index in [1.165, 1.54) is 4.90 Å². The van der Waals surface area contributed by atoms with Crippen LogP contribution in [0.25, 0.3) is 5.69 Å².